The Labute approximate surface area is 178 Å². The molecule has 0 aliphatic carbocycles. The number of halogens is 3. The van der Waals surface area contributed by atoms with Crippen molar-refractivity contribution in [1.82, 2.24) is 0 Å². The van der Waals surface area contributed by atoms with Gasteiger partial charge in [0.05, 0.1) is 12.0 Å². The van der Waals surface area contributed by atoms with E-state index in [4.69, 9.17) is 34.8 Å². The first-order valence-electron chi connectivity index (χ1n) is 8.41. The van der Waals surface area contributed by atoms with Gasteiger partial charge in [0.1, 0.15) is 0 Å². The number of carbonyl (C=O) groups is 1. The quantitative estimate of drug-likeness (QED) is 0.492. The van der Waals surface area contributed by atoms with Crippen molar-refractivity contribution in [3.8, 4) is 6.07 Å². The summed E-state index contributed by atoms with van der Waals surface area (Å²) >= 11 is 18.3. The lowest BCUT2D eigenvalue weighted by molar-refractivity contribution is 0.102. The second-order valence-electron chi connectivity index (χ2n) is 6.27. The number of aryl methyl sites for hydroxylation is 1. The molecule has 0 aromatic heterocycles. The summed E-state index contributed by atoms with van der Waals surface area (Å²) in [4.78, 5) is 12.5. The second kappa shape index (κ2) is 8.67. The van der Waals surface area contributed by atoms with Crippen LogP contribution in [0.3, 0.4) is 0 Å². The SMILES string of the molecule is Cc1cc(C(C#N)c2ccc(Cl)cc2)c(Cl)cc1NC(=O)c1cccc(Cl)c1. The lowest BCUT2D eigenvalue weighted by atomic mass is 9.91. The summed E-state index contributed by atoms with van der Waals surface area (Å²) in [5.74, 6) is -0.829. The van der Waals surface area contributed by atoms with Crippen molar-refractivity contribution in [2.45, 2.75) is 12.8 Å². The number of carbonyl (C=O) groups excluding carboxylic acids is 1. The molecule has 0 aliphatic heterocycles. The maximum Gasteiger partial charge on any atom is 0.255 e. The molecule has 1 amide bonds. The summed E-state index contributed by atoms with van der Waals surface area (Å²) in [6, 6.07) is 19.5. The first-order chi connectivity index (χ1) is 13.4. The predicted octanol–water partition coefficient (Wildman–Crippen LogP) is 6.86. The molecular formula is C22H15Cl3N2O. The minimum atomic E-state index is -0.541. The van der Waals surface area contributed by atoms with Crippen molar-refractivity contribution in [2.24, 2.45) is 0 Å². The monoisotopic (exact) mass is 428 g/mol. The van der Waals surface area contributed by atoms with Crippen LogP contribution in [0.1, 0.15) is 33.0 Å². The summed E-state index contributed by atoms with van der Waals surface area (Å²) in [5.41, 5.74) is 3.28. The van der Waals surface area contributed by atoms with Gasteiger partial charge in [0.15, 0.2) is 0 Å². The first-order valence-corrected chi connectivity index (χ1v) is 9.54. The van der Waals surface area contributed by atoms with Gasteiger partial charge in [-0.25, -0.2) is 0 Å². The molecule has 0 bridgehead atoms. The topological polar surface area (TPSA) is 52.9 Å². The van der Waals surface area contributed by atoms with Crippen molar-refractivity contribution in [3.05, 3.63) is 98.0 Å². The standard InChI is InChI=1S/C22H15Cl3N2O/c1-13-9-18(19(12-26)14-5-7-16(23)8-6-14)20(25)11-21(13)27-22(28)15-3-2-4-17(24)10-15/h2-11,19H,1H3,(H,27,28). The molecule has 140 valence electrons. The molecule has 28 heavy (non-hydrogen) atoms. The van der Waals surface area contributed by atoms with Crippen LogP contribution in [-0.4, -0.2) is 5.91 Å². The number of benzene rings is 3. The molecular weight excluding hydrogens is 415 g/mol. The zero-order valence-corrected chi connectivity index (χ0v) is 17.1. The largest absolute Gasteiger partial charge is 0.322 e. The number of nitrogens with one attached hydrogen (secondary N) is 1. The molecule has 1 atom stereocenters. The number of amides is 1. The lowest BCUT2D eigenvalue weighted by Gasteiger charge is -2.16. The van der Waals surface area contributed by atoms with Crippen molar-refractivity contribution < 1.29 is 4.79 Å². The molecule has 0 aliphatic rings. The normalized spacial score (nSPS) is 11.5. The molecule has 0 saturated carbocycles. The van der Waals surface area contributed by atoms with Crippen LogP contribution in [-0.2, 0) is 0 Å². The van der Waals surface area contributed by atoms with Crippen molar-refractivity contribution in [1.29, 1.82) is 5.26 Å². The molecule has 3 nitrogen and oxygen atoms in total. The number of hydrogen-bond donors (Lipinski definition) is 1. The molecule has 0 heterocycles. The first kappa shape index (κ1) is 20.2. The average molecular weight is 430 g/mol. The van der Waals surface area contributed by atoms with Crippen molar-refractivity contribution in [2.75, 3.05) is 5.32 Å². The van der Waals surface area contributed by atoms with E-state index in [1.165, 1.54) is 0 Å². The number of nitriles is 1. The lowest BCUT2D eigenvalue weighted by Crippen LogP contribution is -2.13. The van der Waals surface area contributed by atoms with Crippen LogP contribution in [0, 0.1) is 18.3 Å². The molecule has 1 unspecified atom stereocenters. The Balaban J connectivity index is 1.91. The Hall–Kier alpha value is -2.51. The highest BCUT2D eigenvalue weighted by molar-refractivity contribution is 6.32. The van der Waals surface area contributed by atoms with Gasteiger partial charge in [0.25, 0.3) is 5.91 Å². The number of anilines is 1. The van der Waals surface area contributed by atoms with E-state index in [0.717, 1.165) is 11.1 Å². The van der Waals surface area contributed by atoms with Gasteiger partial charge in [-0.15, -0.1) is 0 Å². The van der Waals surface area contributed by atoms with E-state index in [0.29, 0.717) is 31.9 Å². The van der Waals surface area contributed by atoms with E-state index in [1.807, 2.05) is 13.0 Å². The van der Waals surface area contributed by atoms with Gasteiger partial charge in [-0.2, -0.15) is 5.26 Å². The third-order valence-corrected chi connectivity index (χ3v) is 5.14. The molecule has 0 spiro atoms. The van der Waals surface area contributed by atoms with E-state index in [2.05, 4.69) is 11.4 Å². The van der Waals surface area contributed by atoms with E-state index in [9.17, 15) is 10.1 Å². The summed E-state index contributed by atoms with van der Waals surface area (Å²) in [7, 11) is 0. The van der Waals surface area contributed by atoms with Crippen molar-refractivity contribution >= 4 is 46.4 Å². The van der Waals surface area contributed by atoms with Crippen LogP contribution in [0.4, 0.5) is 5.69 Å². The number of hydrogen-bond acceptors (Lipinski definition) is 2. The Kier molecular flexibility index (Phi) is 6.26. The number of nitrogens with zero attached hydrogens (tertiary/aromatic N) is 1. The fourth-order valence-corrected chi connectivity index (χ4v) is 3.45. The van der Waals surface area contributed by atoms with E-state index in [-0.39, 0.29) is 5.91 Å². The minimum Gasteiger partial charge on any atom is -0.322 e. The Bertz CT molecular complexity index is 1070. The summed E-state index contributed by atoms with van der Waals surface area (Å²) in [5, 5.41) is 14.0. The predicted molar refractivity (Wildman–Crippen MR) is 115 cm³/mol. The third kappa shape index (κ3) is 4.48. The van der Waals surface area contributed by atoms with Gasteiger partial charge >= 0.3 is 0 Å². The fourth-order valence-electron chi connectivity index (χ4n) is 2.86. The highest BCUT2D eigenvalue weighted by Crippen LogP contribution is 2.34. The maximum absolute atomic E-state index is 12.5. The van der Waals surface area contributed by atoms with Crippen molar-refractivity contribution in [3.63, 3.8) is 0 Å². The molecule has 3 aromatic rings. The van der Waals surface area contributed by atoms with Gasteiger partial charge in [0, 0.05) is 26.3 Å². The summed E-state index contributed by atoms with van der Waals surface area (Å²) in [6.07, 6.45) is 0. The summed E-state index contributed by atoms with van der Waals surface area (Å²) < 4.78 is 0. The van der Waals surface area contributed by atoms with Gasteiger partial charge < -0.3 is 5.32 Å². The van der Waals surface area contributed by atoms with E-state index >= 15 is 0 Å². The van der Waals surface area contributed by atoms with Crippen LogP contribution in [0.2, 0.25) is 15.1 Å². The molecule has 0 fully saturated rings. The van der Waals surface area contributed by atoms with Gasteiger partial charge in [-0.3, -0.25) is 4.79 Å². The van der Waals surface area contributed by atoms with E-state index in [1.54, 1.807) is 54.6 Å². The fraction of sp³-hybridized carbons (Fsp3) is 0.0909. The second-order valence-corrected chi connectivity index (χ2v) is 7.55. The zero-order valence-electron chi connectivity index (χ0n) is 14.8. The maximum atomic E-state index is 12.5. The highest BCUT2D eigenvalue weighted by atomic mass is 35.5. The van der Waals surface area contributed by atoms with Crippen LogP contribution in [0.25, 0.3) is 0 Å². The molecule has 3 rings (SSSR count). The molecule has 6 heteroatoms. The smallest absolute Gasteiger partial charge is 0.255 e. The van der Waals surface area contributed by atoms with Gasteiger partial charge in [-0.1, -0.05) is 59.1 Å². The van der Waals surface area contributed by atoms with Crippen LogP contribution in [0.5, 0.6) is 0 Å². The highest BCUT2D eigenvalue weighted by Gasteiger charge is 2.19. The Morgan fingerprint density at radius 2 is 1.71 bits per heavy atom. The molecule has 1 N–H and O–H groups in total. The third-order valence-electron chi connectivity index (χ3n) is 4.32. The van der Waals surface area contributed by atoms with Crippen LogP contribution >= 0.6 is 34.8 Å². The average Bonchev–Trinajstić information content (AvgIpc) is 2.67. The van der Waals surface area contributed by atoms with E-state index < -0.39 is 5.92 Å². The Morgan fingerprint density at radius 3 is 2.36 bits per heavy atom. The molecule has 3 aromatic carbocycles. The van der Waals surface area contributed by atoms with Crippen LogP contribution in [0.15, 0.2) is 60.7 Å². The zero-order chi connectivity index (χ0) is 20.3. The number of rotatable bonds is 4. The van der Waals surface area contributed by atoms with Crippen LogP contribution < -0.4 is 5.32 Å². The summed E-state index contributed by atoms with van der Waals surface area (Å²) in [6.45, 7) is 1.85. The Morgan fingerprint density at radius 1 is 1.00 bits per heavy atom. The van der Waals surface area contributed by atoms with Gasteiger partial charge in [-0.05, 0) is 60.0 Å². The molecule has 0 radical (unpaired) electrons. The minimum absolute atomic E-state index is 0.288. The van der Waals surface area contributed by atoms with Gasteiger partial charge in [0.2, 0.25) is 0 Å². The molecule has 0 saturated heterocycles.